The van der Waals surface area contributed by atoms with Crippen LogP contribution in [0.3, 0.4) is 0 Å². The number of benzene rings is 2. The molecule has 3 aromatic rings. The Morgan fingerprint density at radius 2 is 1.81 bits per heavy atom. The van der Waals surface area contributed by atoms with Crippen LogP contribution >= 0.6 is 11.6 Å². The minimum Gasteiger partial charge on any atom is -0.349 e. The van der Waals surface area contributed by atoms with Crippen LogP contribution in [0.15, 0.2) is 65.6 Å². The van der Waals surface area contributed by atoms with E-state index in [0.29, 0.717) is 50.1 Å². The Kier molecular flexibility index (Phi) is 9.02. The summed E-state index contributed by atoms with van der Waals surface area (Å²) in [5.74, 6) is 0.373. The standard InChI is InChI=1S/C27H34ClN5O3S/c1-21(2)16-25-18-23(30-33(25)24-9-4-3-5-10-24)19-29-27(34)20-31-12-7-13-32(15-14-31)37(35,36)26-11-6-8-22(28)17-26/h3-6,8-11,17-18,21H,7,12-16,19-20H2,1-2H3,(H,29,34). The summed E-state index contributed by atoms with van der Waals surface area (Å²) in [7, 11) is -3.63. The summed E-state index contributed by atoms with van der Waals surface area (Å²) < 4.78 is 29.5. The van der Waals surface area contributed by atoms with Crippen LogP contribution in [0.5, 0.6) is 0 Å². The molecule has 0 spiro atoms. The predicted octanol–water partition coefficient (Wildman–Crippen LogP) is 3.74. The van der Waals surface area contributed by atoms with Crippen LogP contribution in [0.2, 0.25) is 5.02 Å². The predicted molar refractivity (Wildman–Crippen MR) is 145 cm³/mol. The van der Waals surface area contributed by atoms with Crippen LogP contribution in [-0.2, 0) is 27.8 Å². The number of hydrogen-bond donors (Lipinski definition) is 1. The first kappa shape index (κ1) is 27.3. The van der Waals surface area contributed by atoms with Gasteiger partial charge >= 0.3 is 0 Å². The lowest BCUT2D eigenvalue weighted by atomic mass is 10.1. The fourth-order valence-electron chi connectivity index (χ4n) is 4.49. The third-order valence-electron chi connectivity index (χ3n) is 6.27. The molecule has 37 heavy (non-hydrogen) atoms. The van der Waals surface area contributed by atoms with E-state index < -0.39 is 10.0 Å². The minimum absolute atomic E-state index is 0.106. The average Bonchev–Trinajstić information content (AvgIpc) is 3.10. The van der Waals surface area contributed by atoms with Gasteiger partial charge in [0.1, 0.15) is 0 Å². The number of hydrogen-bond acceptors (Lipinski definition) is 5. The third kappa shape index (κ3) is 7.19. The van der Waals surface area contributed by atoms with E-state index in [-0.39, 0.29) is 17.3 Å². The van der Waals surface area contributed by atoms with Gasteiger partial charge in [0.15, 0.2) is 0 Å². The van der Waals surface area contributed by atoms with E-state index in [1.807, 2.05) is 39.9 Å². The second-order valence-corrected chi connectivity index (χ2v) is 12.1. The van der Waals surface area contributed by atoms with Gasteiger partial charge < -0.3 is 5.32 Å². The molecular formula is C27H34ClN5O3S. The molecule has 1 N–H and O–H groups in total. The normalized spacial score (nSPS) is 15.6. The van der Waals surface area contributed by atoms with Crippen molar-refractivity contribution in [2.45, 2.75) is 38.1 Å². The molecule has 1 amide bonds. The lowest BCUT2D eigenvalue weighted by Crippen LogP contribution is -2.39. The van der Waals surface area contributed by atoms with E-state index in [0.717, 1.165) is 23.5 Å². The molecule has 1 aliphatic heterocycles. The molecule has 0 aliphatic carbocycles. The molecule has 1 fully saturated rings. The zero-order chi connectivity index (χ0) is 26.4. The molecule has 1 saturated heterocycles. The molecule has 2 heterocycles. The molecule has 0 bridgehead atoms. The van der Waals surface area contributed by atoms with Gasteiger partial charge in [-0.1, -0.05) is 49.7 Å². The summed E-state index contributed by atoms with van der Waals surface area (Å²) in [5, 5.41) is 8.12. The van der Waals surface area contributed by atoms with E-state index in [2.05, 4.69) is 25.2 Å². The maximum absolute atomic E-state index is 13.0. The van der Waals surface area contributed by atoms with Crippen LogP contribution in [-0.4, -0.2) is 66.0 Å². The quantitative estimate of drug-likeness (QED) is 0.444. The lowest BCUT2D eigenvalue weighted by molar-refractivity contribution is -0.122. The van der Waals surface area contributed by atoms with Gasteiger partial charge in [-0.2, -0.15) is 9.40 Å². The molecule has 1 aliphatic rings. The number of amides is 1. The van der Waals surface area contributed by atoms with Crippen molar-refractivity contribution in [2.24, 2.45) is 5.92 Å². The number of carbonyl (C=O) groups excluding carboxylic acids is 1. The largest absolute Gasteiger partial charge is 0.349 e. The van der Waals surface area contributed by atoms with Crippen molar-refractivity contribution in [3.63, 3.8) is 0 Å². The van der Waals surface area contributed by atoms with Gasteiger partial charge in [0.05, 0.1) is 29.4 Å². The van der Waals surface area contributed by atoms with E-state index in [1.165, 1.54) is 10.4 Å². The highest BCUT2D eigenvalue weighted by Gasteiger charge is 2.27. The highest BCUT2D eigenvalue weighted by Crippen LogP contribution is 2.21. The molecule has 198 valence electrons. The molecule has 0 atom stereocenters. The summed E-state index contributed by atoms with van der Waals surface area (Å²) >= 11 is 6.00. The summed E-state index contributed by atoms with van der Waals surface area (Å²) in [6.07, 6.45) is 1.53. The van der Waals surface area contributed by atoms with Crippen LogP contribution in [0.4, 0.5) is 0 Å². The number of rotatable bonds is 9. The Morgan fingerprint density at radius 3 is 2.54 bits per heavy atom. The Morgan fingerprint density at radius 1 is 1.03 bits per heavy atom. The topological polar surface area (TPSA) is 87.5 Å². The molecule has 0 radical (unpaired) electrons. The molecule has 0 unspecified atom stereocenters. The molecule has 4 rings (SSSR count). The average molecular weight is 544 g/mol. The van der Waals surface area contributed by atoms with Crippen molar-refractivity contribution in [1.82, 2.24) is 24.3 Å². The maximum atomic E-state index is 13.0. The lowest BCUT2D eigenvalue weighted by Gasteiger charge is -2.21. The minimum atomic E-state index is -3.63. The van der Waals surface area contributed by atoms with Gasteiger partial charge in [-0.05, 0) is 61.7 Å². The Hall–Kier alpha value is -2.72. The van der Waals surface area contributed by atoms with Crippen molar-refractivity contribution >= 4 is 27.5 Å². The molecule has 1 aromatic heterocycles. The van der Waals surface area contributed by atoms with E-state index in [4.69, 9.17) is 16.7 Å². The van der Waals surface area contributed by atoms with E-state index >= 15 is 0 Å². The molecule has 10 heteroatoms. The Balaban J connectivity index is 1.33. The van der Waals surface area contributed by atoms with Crippen LogP contribution in [0.25, 0.3) is 5.69 Å². The van der Waals surface area contributed by atoms with Gasteiger partial charge in [0.25, 0.3) is 0 Å². The van der Waals surface area contributed by atoms with Crippen molar-refractivity contribution in [3.8, 4) is 5.69 Å². The first-order chi connectivity index (χ1) is 17.7. The van der Waals surface area contributed by atoms with Crippen LogP contribution in [0, 0.1) is 5.92 Å². The van der Waals surface area contributed by atoms with Crippen molar-refractivity contribution in [1.29, 1.82) is 0 Å². The van der Waals surface area contributed by atoms with Crippen molar-refractivity contribution in [3.05, 3.63) is 77.1 Å². The highest BCUT2D eigenvalue weighted by molar-refractivity contribution is 7.89. The SMILES string of the molecule is CC(C)Cc1cc(CNC(=O)CN2CCCN(S(=O)(=O)c3cccc(Cl)c3)CC2)nn1-c1ccccc1. The van der Waals surface area contributed by atoms with Crippen LogP contribution in [0.1, 0.15) is 31.7 Å². The van der Waals surface area contributed by atoms with E-state index in [1.54, 1.807) is 18.2 Å². The summed E-state index contributed by atoms with van der Waals surface area (Å²) in [5.41, 5.74) is 2.92. The van der Waals surface area contributed by atoms with Gasteiger partial charge in [-0.25, -0.2) is 13.1 Å². The zero-order valence-corrected chi connectivity index (χ0v) is 22.9. The van der Waals surface area contributed by atoms with E-state index in [9.17, 15) is 13.2 Å². The van der Waals surface area contributed by atoms with Crippen molar-refractivity contribution in [2.75, 3.05) is 32.7 Å². The fraction of sp³-hybridized carbons (Fsp3) is 0.407. The summed E-state index contributed by atoms with van der Waals surface area (Å²) in [6, 6.07) is 18.4. The zero-order valence-electron chi connectivity index (χ0n) is 21.3. The smallest absolute Gasteiger partial charge is 0.243 e. The second kappa shape index (κ2) is 12.2. The number of sulfonamides is 1. The number of nitrogens with zero attached hydrogens (tertiary/aromatic N) is 4. The molecule has 0 saturated carbocycles. The molecule has 8 nitrogen and oxygen atoms in total. The van der Waals surface area contributed by atoms with Gasteiger partial charge in [0.2, 0.25) is 15.9 Å². The summed E-state index contributed by atoms with van der Waals surface area (Å²) in [4.78, 5) is 14.9. The number of halogens is 1. The third-order valence-corrected chi connectivity index (χ3v) is 8.40. The molecular weight excluding hydrogens is 510 g/mol. The molecule has 2 aromatic carbocycles. The first-order valence-corrected chi connectivity index (χ1v) is 14.4. The second-order valence-electron chi connectivity index (χ2n) is 9.74. The number of para-hydroxylation sites is 1. The van der Waals surface area contributed by atoms with Crippen LogP contribution < -0.4 is 5.32 Å². The Bertz CT molecular complexity index is 1310. The fourth-order valence-corrected chi connectivity index (χ4v) is 6.26. The maximum Gasteiger partial charge on any atom is 0.243 e. The number of carbonyl (C=O) groups is 1. The number of nitrogens with one attached hydrogen (secondary N) is 1. The highest BCUT2D eigenvalue weighted by atomic mass is 35.5. The monoisotopic (exact) mass is 543 g/mol. The summed E-state index contributed by atoms with van der Waals surface area (Å²) in [6.45, 7) is 6.75. The van der Waals surface area contributed by atoms with Gasteiger partial charge in [0, 0.05) is 30.4 Å². The van der Waals surface area contributed by atoms with Gasteiger partial charge in [-0.15, -0.1) is 0 Å². The van der Waals surface area contributed by atoms with Crippen molar-refractivity contribution < 1.29 is 13.2 Å². The van der Waals surface area contributed by atoms with Gasteiger partial charge in [-0.3, -0.25) is 9.69 Å². The Labute approximate surface area is 224 Å². The number of aromatic nitrogens is 2. The first-order valence-electron chi connectivity index (χ1n) is 12.6.